The van der Waals surface area contributed by atoms with Crippen molar-refractivity contribution >= 4 is 0 Å². The van der Waals surface area contributed by atoms with Crippen LogP contribution in [0.5, 0.6) is 0 Å². The number of hydrogen-bond donors (Lipinski definition) is 1. The van der Waals surface area contributed by atoms with E-state index in [0.717, 1.165) is 29.7 Å². The van der Waals surface area contributed by atoms with Crippen LogP contribution in [0.1, 0.15) is 68.9 Å². The van der Waals surface area contributed by atoms with Crippen molar-refractivity contribution in [3.8, 4) is 0 Å². The maximum Gasteiger partial charge on any atom is 0.0965 e. The fourth-order valence-electron chi connectivity index (χ4n) is 2.48. The average molecular weight is 249 g/mol. The Hall–Kier alpha value is -0.890. The molecule has 0 saturated heterocycles. The number of aliphatic hydroxyl groups excluding tert-OH is 1. The first-order valence-electron chi connectivity index (χ1n) is 7.19. The maximum absolute atomic E-state index is 10.3. The number of aliphatic hydroxyl groups is 1. The SMILES string of the molecule is CCCCC(CC)CC(O)c1ncc(C)cc1C. The molecule has 0 radical (unpaired) electrons. The van der Waals surface area contributed by atoms with Gasteiger partial charge in [-0.2, -0.15) is 0 Å². The molecule has 0 saturated carbocycles. The van der Waals surface area contributed by atoms with Gasteiger partial charge < -0.3 is 5.11 Å². The zero-order chi connectivity index (χ0) is 13.5. The van der Waals surface area contributed by atoms with Crippen LogP contribution in [-0.4, -0.2) is 10.1 Å². The number of aromatic nitrogens is 1. The summed E-state index contributed by atoms with van der Waals surface area (Å²) in [7, 11) is 0. The van der Waals surface area contributed by atoms with Crippen molar-refractivity contribution in [1.29, 1.82) is 0 Å². The van der Waals surface area contributed by atoms with Gasteiger partial charge in [0.1, 0.15) is 0 Å². The fourth-order valence-corrected chi connectivity index (χ4v) is 2.48. The van der Waals surface area contributed by atoms with Gasteiger partial charge >= 0.3 is 0 Å². The molecule has 0 spiro atoms. The van der Waals surface area contributed by atoms with E-state index in [0.29, 0.717) is 5.92 Å². The molecule has 0 bridgehead atoms. The topological polar surface area (TPSA) is 33.1 Å². The van der Waals surface area contributed by atoms with Gasteiger partial charge in [-0.15, -0.1) is 0 Å². The number of unbranched alkanes of at least 4 members (excludes halogenated alkanes) is 1. The Morgan fingerprint density at radius 1 is 1.28 bits per heavy atom. The van der Waals surface area contributed by atoms with Crippen LogP contribution in [0.15, 0.2) is 12.3 Å². The lowest BCUT2D eigenvalue weighted by atomic mass is 9.91. The van der Waals surface area contributed by atoms with Gasteiger partial charge in [0.05, 0.1) is 11.8 Å². The average Bonchev–Trinajstić information content (AvgIpc) is 2.34. The molecule has 2 nitrogen and oxygen atoms in total. The molecule has 1 aromatic heterocycles. The second-order valence-electron chi connectivity index (χ2n) is 5.38. The van der Waals surface area contributed by atoms with E-state index in [4.69, 9.17) is 0 Å². The third-order valence-electron chi connectivity index (χ3n) is 3.67. The highest BCUT2D eigenvalue weighted by atomic mass is 16.3. The molecule has 0 amide bonds. The Bertz CT molecular complexity index is 362. The first-order valence-corrected chi connectivity index (χ1v) is 7.19. The zero-order valence-electron chi connectivity index (χ0n) is 12.2. The Labute approximate surface area is 111 Å². The number of aryl methyl sites for hydroxylation is 2. The minimum absolute atomic E-state index is 0.410. The maximum atomic E-state index is 10.3. The lowest BCUT2D eigenvalue weighted by molar-refractivity contribution is 0.134. The molecule has 102 valence electrons. The molecule has 2 heteroatoms. The van der Waals surface area contributed by atoms with Crippen LogP contribution in [0.3, 0.4) is 0 Å². The molecule has 0 aromatic carbocycles. The van der Waals surface area contributed by atoms with E-state index in [-0.39, 0.29) is 0 Å². The van der Waals surface area contributed by atoms with Crippen LogP contribution in [-0.2, 0) is 0 Å². The summed E-state index contributed by atoms with van der Waals surface area (Å²) in [5.41, 5.74) is 3.12. The van der Waals surface area contributed by atoms with Gasteiger partial charge in [0, 0.05) is 6.20 Å². The van der Waals surface area contributed by atoms with Gasteiger partial charge in [0.15, 0.2) is 0 Å². The van der Waals surface area contributed by atoms with Crippen LogP contribution in [0, 0.1) is 19.8 Å². The number of hydrogen-bond acceptors (Lipinski definition) is 2. The summed E-state index contributed by atoms with van der Waals surface area (Å²) in [6.07, 6.45) is 7.12. The lowest BCUT2D eigenvalue weighted by Gasteiger charge is -2.19. The summed E-state index contributed by atoms with van der Waals surface area (Å²) < 4.78 is 0. The Balaban J connectivity index is 2.65. The monoisotopic (exact) mass is 249 g/mol. The lowest BCUT2D eigenvalue weighted by Crippen LogP contribution is -2.10. The van der Waals surface area contributed by atoms with Crippen molar-refractivity contribution < 1.29 is 5.11 Å². The standard InChI is InChI=1S/C16H27NO/c1-5-7-8-14(6-2)10-15(18)16-13(4)9-12(3)11-17-16/h9,11,14-15,18H,5-8,10H2,1-4H3. The van der Waals surface area contributed by atoms with Crippen LogP contribution < -0.4 is 0 Å². The summed E-state index contributed by atoms with van der Waals surface area (Å²) in [5, 5.41) is 10.3. The number of pyridine rings is 1. The molecule has 1 aromatic rings. The van der Waals surface area contributed by atoms with E-state index in [9.17, 15) is 5.11 Å². The van der Waals surface area contributed by atoms with E-state index < -0.39 is 6.10 Å². The number of rotatable bonds is 7. The van der Waals surface area contributed by atoms with E-state index in [1.165, 1.54) is 19.3 Å². The van der Waals surface area contributed by atoms with E-state index in [2.05, 4.69) is 24.9 Å². The van der Waals surface area contributed by atoms with E-state index >= 15 is 0 Å². The fraction of sp³-hybridized carbons (Fsp3) is 0.688. The quantitative estimate of drug-likeness (QED) is 0.780. The van der Waals surface area contributed by atoms with Crippen LogP contribution in [0.25, 0.3) is 0 Å². The van der Waals surface area contributed by atoms with Crippen molar-refractivity contribution in [1.82, 2.24) is 4.98 Å². The van der Waals surface area contributed by atoms with Crippen LogP contribution in [0.4, 0.5) is 0 Å². The van der Waals surface area contributed by atoms with Crippen molar-refractivity contribution in [2.75, 3.05) is 0 Å². The van der Waals surface area contributed by atoms with Gasteiger partial charge in [-0.1, -0.05) is 45.6 Å². The zero-order valence-corrected chi connectivity index (χ0v) is 12.2. The number of nitrogens with zero attached hydrogens (tertiary/aromatic N) is 1. The van der Waals surface area contributed by atoms with Crippen molar-refractivity contribution in [3.05, 3.63) is 29.1 Å². The molecule has 0 aliphatic rings. The molecule has 0 aliphatic heterocycles. The summed E-state index contributed by atoms with van der Waals surface area (Å²) in [6.45, 7) is 8.50. The van der Waals surface area contributed by atoms with E-state index in [1.54, 1.807) is 0 Å². The van der Waals surface area contributed by atoms with Crippen molar-refractivity contribution in [2.24, 2.45) is 5.92 Å². The smallest absolute Gasteiger partial charge is 0.0965 e. The largest absolute Gasteiger partial charge is 0.387 e. The normalized spacial score (nSPS) is 14.5. The Morgan fingerprint density at radius 2 is 2.00 bits per heavy atom. The first-order chi connectivity index (χ1) is 8.58. The highest BCUT2D eigenvalue weighted by Gasteiger charge is 2.17. The van der Waals surface area contributed by atoms with Crippen LogP contribution >= 0.6 is 0 Å². The third kappa shape index (κ3) is 4.41. The summed E-state index contributed by atoms with van der Waals surface area (Å²) >= 11 is 0. The van der Waals surface area contributed by atoms with Crippen molar-refractivity contribution in [3.63, 3.8) is 0 Å². The minimum atomic E-state index is -0.410. The van der Waals surface area contributed by atoms with Gasteiger partial charge in [-0.05, 0) is 37.3 Å². The van der Waals surface area contributed by atoms with Crippen LogP contribution in [0.2, 0.25) is 0 Å². The molecular formula is C16H27NO. The molecule has 1 rings (SSSR count). The highest BCUT2D eigenvalue weighted by Crippen LogP contribution is 2.27. The van der Waals surface area contributed by atoms with E-state index in [1.807, 2.05) is 20.0 Å². The molecule has 0 fully saturated rings. The highest BCUT2D eigenvalue weighted by molar-refractivity contribution is 5.24. The molecule has 1 N–H and O–H groups in total. The predicted molar refractivity (Wildman–Crippen MR) is 76.6 cm³/mol. The van der Waals surface area contributed by atoms with Gasteiger partial charge in [0.2, 0.25) is 0 Å². The van der Waals surface area contributed by atoms with Crippen molar-refractivity contribution in [2.45, 2.75) is 65.9 Å². The second kappa shape index (κ2) is 7.52. The Morgan fingerprint density at radius 3 is 2.56 bits per heavy atom. The molecular weight excluding hydrogens is 222 g/mol. The third-order valence-corrected chi connectivity index (χ3v) is 3.67. The molecule has 2 unspecified atom stereocenters. The Kier molecular flexibility index (Phi) is 6.34. The predicted octanol–water partition coefficient (Wildman–Crippen LogP) is 4.34. The van der Waals surface area contributed by atoms with Gasteiger partial charge in [0.25, 0.3) is 0 Å². The molecule has 1 heterocycles. The van der Waals surface area contributed by atoms with Gasteiger partial charge in [-0.25, -0.2) is 0 Å². The minimum Gasteiger partial charge on any atom is -0.387 e. The summed E-state index contributed by atoms with van der Waals surface area (Å²) in [6, 6.07) is 2.10. The second-order valence-corrected chi connectivity index (χ2v) is 5.38. The summed E-state index contributed by atoms with van der Waals surface area (Å²) in [4.78, 5) is 4.40. The molecule has 18 heavy (non-hydrogen) atoms. The molecule has 0 aliphatic carbocycles. The molecule has 2 atom stereocenters. The summed E-state index contributed by atoms with van der Waals surface area (Å²) in [5.74, 6) is 0.613. The first kappa shape index (κ1) is 15.2. The van der Waals surface area contributed by atoms with Gasteiger partial charge in [-0.3, -0.25) is 4.98 Å².